The van der Waals surface area contributed by atoms with E-state index in [1.807, 2.05) is 42.5 Å². The van der Waals surface area contributed by atoms with E-state index in [-0.39, 0.29) is 5.97 Å². The number of esters is 1. The lowest BCUT2D eigenvalue weighted by Crippen LogP contribution is -2.03. The van der Waals surface area contributed by atoms with E-state index in [1.165, 1.54) is 7.11 Å². The van der Waals surface area contributed by atoms with Crippen LogP contribution in [0.2, 0.25) is 0 Å². The van der Waals surface area contributed by atoms with E-state index in [0.29, 0.717) is 5.56 Å². The molecule has 0 aliphatic rings. The second-order valence-corrected chi connectivity index (χ2v) is 10.9. The molecule has 0 N–H and O–H groups in total. The third-order valence-electron chi connectivity index (χ3n) is 2.86. The molecule has 0 spiro atoms. The summed E-state index contributed by atoms with van der Waals surface area (Å²) in [5.74, 6) is -0.333. The van der Waals surface area contributed by atoms with E-state index >= 15 is 0 Å². The Labute approximate surface area is 142 Å². The summed E-state index contributed by atoms with van der Waals surface area (Å²) < 4.78 is 4.38. The van der Waals surface area contributed by atoms with Crippen LogP contribution in [0.3, 0.4) is 0 Å². The van der Waals surface area contributed by atoms with Gasteiger partial charge < -0.3 is 4.74 Å². The minimum absolute atomic E-state index is 0.333. The normalized spacial score (nSPS) is 11.2. The number of carbonyl (C=O) groups is 1. The van der Waals surface area contributed by atoms with E-state index in [2.05, 4.69) is 47.8 Å². The van der Waals surface area contributed by atoms with Crippen molar-refractivity contribution in [1.82, 2.24) is 0 Å². The summed E-state index contributed by atoms with van der Waals surface area (Å²) in [5.41, 5.74) is 3.41. The molecule has 2 nitrogen and oxygen atoms in total. The molecule has 2 rings (SSSR count). The average Bonchev–Trinajstić information content (AvgIpc) is 2.45. The maximum absolute atomic E-state index is 11.8. The van der Waals surface area contributed by atoms with Crippen LogP contribution in [0.25, 0.3) is 11.1 Å². The minimum atomic E-state index is -0.437. The quantitative estimate of drug-likeness (QED) is 0.439. The number of methoxy groups -OCH3 is 1. The molecule has 0 unspecified atom stereocenters. The van der Waals surface area contributed by atoms with E-state index in [1.54, 1.807) is 6.07 Å². The summed E-state index contributed by atoms with van der Waals surface area (Å²) in [7, 11) is 1.39. The third-order valence-corrected chi connectivity index (χ3v) is 4.23. The molecule has 0 saturated heterocycles. The Morgan fingerprint density at radius 3 is 2.15 bits per heavy atom. The first-order valence-corrected chi connectivity index (χ1v) is 8.16. The lowest BCUT2D eigenvalue weighted by atomic mass is 9.99. The van der Waals surface area contributed by atoms with Gasteiger partial charge in [-0.3, -0.25) is 0 Å². The Kier molecular flexibility index (Phi) is 5.04. The van der Waals surface area contributed by atoms with Crippen LogP contribution >= 0.6 is 47.8 Å². The maximum atomic E-state index is 11.8. The Bertz CT molecular complexity index is 616. The minimum Gasteiger partial charge on any atom is -0.465 e. The van der Waals surface area contributed by atoms with Crippen molar-refractivity contribution in [2.24, 2.45) is 0 Å². The zero-order valence-corrected chi connectivity index (χ0v) is 15.3. The molecule has 5 heteroatoms. The van der Waals surface area contributed by atoms with Crippen LogP contribution in [0.4, 0.5) is 0 Å². The molecule has 0 fully saturated rings. The molecule has 0 aliphatic heterocycles. The highest BCUT2D eigenvalue weighted by Crippen LogP contribution is 2.44. The van der Waals surface area contributed by atoms with Crippen molar-refractivity contribution in [2.75, 3.05) is 7.11 Å². The van der Waals surface area contributed by atoms with Gasteiger partial charge in [-0.25, -0.2) is 4.79 Å². The van der Waals surface area contributed by atoms with Crippen molar-refractivity contribution < 1.29 is 9.53 Å². The van der Waals surface area contributed by atoms with Gasteiger partial charge in [0.1, 0.15) is 0 Å². The van der Waals surface area contributed by atoms with Crippen LogP contribution in [0.1, 0.15) is 15.9 Å². The van der Waals surface area contributed by atoms with Gasteiger partial charge in [0.15, 0.2) is 2.14 Å². The highest BCUT2D eigenvalue weighted by atomic mass is 80.0. The van der Waals surface area contributed by atoms with Crippen molar-refractivity contribution in [3.8, 4) is 11.1 Å². The van der Waals surface area contributed by atoms with Crippen molar-refractivity contribution >= 4 is 53.8 Å². The second kappa shape index (κ2) is 6.41. The SMILES string of the molecule is COC(=O)c1ccccc1-c1ccc(C(Br)(Br)Br)cc1. The topological polar surface area (TPSA) is 26.3 Å². The van der Waals surface area contributed by atoms with Crippen molar-refractivity contribution in [1.29, 1.82) is 0 Å². The van der Waals surface area contributed by atoms with Gasteiger partial charge >= 0.3 is 5.97 Å². The molecule has 0 amide bonds. The summed E-state index contributed by atoms with van der Waals surface area (Å²) in [5, 5.41) is 0. The van der Waals surface area contributed by atoms with Crippen LogP contribution in [0.15, 0.2) is 48.5 Å². The average molecular weight is 463 g/mol. The van der Waals surface area contributed by atoms with Gasteiger partial charge in [0.25, 0.3) is 0 Å². The first-order valence-electron chi connectivity index (χ1n) is 5.78. The standard InChI is InChI=1S/C15H11Br3O2/c1-20-14(19)13-5-3-2-4-12(13)10-6-8-11(9-7-10)15(16,17)18/h2-9H,1H3. The van der Waals surface area contributed by atoms with Gasteiger partial charge in [0, 0.05) is 0 Å². The number of rotatable bonds is 2. The predicted molar refractivity (Wildman–Crippen MR) is 91.7 cm³/mol. The number of hydrogen-bond acceptors (Lipinski definition) is 2. The van der Waals surface area contributed by atoms with Gasteiger partial charge in [-0.1, -0.05) is 90.3 Å². The smallest absolute Gasteiger partial charge is 0.338 e. The number of ether oxygens (including phenoxy) is 1. The lowest BCUT2D eigenvalue weighted by Gasteiger charge is -2.14. The van der Waals surface area contributed by atoms with Gasteiger partial charge in [0.2, 0.25) is 0 Å². The highest BCUT2D eigenvalue weighted by Gasteiger charge is 2.20. The highest BCUT2D eigenvalue weighted by molar-refractivity contribution is 9.38. The van der Waals surface area contributed by atoms with Crippen LogP contribution in [0.5, 0.6) is 0 Å². The zero-order chi connectivity index (χ0) is 14.8. The monoisotopic (exact) mass is 460 g/mol. The number of benzene rings is 2. The summed E-state index contributed by atoms with van der Waals surface area (Å²) >= 11 is 10.4. The molecule has 104 valence electrons. The van der Waals surface area contributed by atoms with Crippen molar-refractivity contribution in [2.45, 2.75) is 2.14 Å². The molecule has 0 saturated carbocycles. The van der Waals surface area contributed by atoms with E-state index in [0.717, 1.165) is 16.7 Å². The van der Waals surface area contributed by atoms with Gasteiger partial charge in [-0.15, -0.1) is 0 Å². The number of alkyl halides is 3. The molecule has 2 aromatic carbocycles. The molecule has 0 heterocycles. The second-order valence-electron chi connectivity index (χ2n) is 4.11. The third kappa shape index (κ3) is 3.51. The van der Waals surface area contributed by atoms with Gasteiger partial charge in [0.05, 0.1) is 12.7 Å². The van der Waals surface area contributed by atoms with Crippen LogP contribution < -0.4 is 0 Å². The Balaban J connectivity index is 2.45. The van der Waals surface area contributed by atoms with Gasteiger partial charge in [-0.05, 0) is 22.8 Å². The molecule has 0 aliphatic carbocycles. The van der Waals surface area contributed by atoms with Crippen molar-refractivity contribution in [3.05, 3.63) is 59.7 Å². The molecular formula is C15H11Br3O2. The Morgan fingerprint density at radius 1 is 1.00 bits per heavy atom. The van der Waals surface area contributed by atoms with Crippen LogP contribution in [-0.4, -0.2) is 13.1 Å². The Hall–Kier alpha value is -0.650. The fourth-order valence-corrected chi connectivity index (χ4v) is 2.65. The summed E-state index contributed by atoms with van der Waals surface area (Å²) in [6.45, 7) is 0. The largest absolute Gasteiger partial charge is 0.465 e. The van der Waals surface area contributed by atoms with E-state index in [9.17, 15) is 4.79 Å². The van der Waals surface area contributed by atoms with Crippen molar-refractivity contribution in [3.63, 3.8) is 0 Å². The molecule has 0 bridgehead atoms. The molecule has 20 heavy (non-hydrogen) atoms. The molecule has 2 aromatic rings. The first-order chi connectivity index (χ1) is 9.43. The summed E-state index contributed by atoms with van der Waals surface area (Å²) in [4.78, 5) is 11.8. The number of carbonyl (C=O) groups excluding carboxylic acids is 1. The fraction of sp³-hybridized carbons (Fsp3) is 0.133. The zero-order valence-electron chi connectivity index (χ0n) is 10.6. The van der Waals surface area contributed by atoms with E-state index in [4.69, 9.17) is 4.74 Å². The van der Waals surface area contributed by atoms with E-state index < -0.39 is 2.14 Å². The molecule has 0 radical (unpaired) electrons. The molecule has 0 aromatic heterocycles. The number of hydrogen-bond donors (Lipinski definition) is 0. The van der Waals surface area contributed by atoms with Crippen LogP contribution in [-0.2, 0) is 6.88 Å². The lowest BCUT2D eigenvalue weighted by molar-refractivity contribution is 0.0601. The summed E-state index contributed by atoms with van der Waals surface area (Å²) in [6.07, 6.45) is 0. The maximum Gasteiger partial charge on any atom is 0.338 e. The fourth-order valence-electron chi connectivity index (χ4n) is 1.86. The number of halogens is 3. The summed E-state index contributed by atoms with van der Waals surface area (Å²) in [6, 6.07) is 15.3. The Morgan fingerprint density at radius 2 is 1.60 bits per heavy atom. The van der Waals surface area contributed by atoms with Gasteiger partial charge in [-0.2, -0.15) is 0 Å². The predicted octanol–water partition coefficient (Wildman–Crippen LogP) is 5.44. The van der Waals surface area contributed by atoms with Crippen LogP contribution in [0, 0.1) is 0 Å². The molecular weight excluding hydrogens is 452 g/mol. The molecule has 0 atom stereocenters. The first kappa shape index (κ1) is 15.7.